The van der Waals surface area contributed by atoms with Crippen molar-refractivity contribution >= 4 is 45.7 Å². The van der Waals surface area contributed by atoms with Gasteiger partial charge in [0.2, 0.25) is 5.82 Å². The number of aryl methyl sites for hydroxylation is 4. The molecule has 0 fully saturated rings. The summed E-state index contributed by atoms with van der Waals surface area (Å²) < 4.78 is 22.0. The minimum atomic E-state index is -0.998. The lowest BCUT2D eigenvalue weighted by molar-refractivity contribution is 0.0679. The fourth-order valence-electron chi connectivity index (χ4n) is 5.81. The average Bonchev–Trinajstić information content (AvgIpc) is 4.14. The van der Waals surface area contributed by atoms with E-state index in [9.17, 15) is 24.0 Å². The highest BCUT2D eigenvalue weighted by atomic mass is 16.5. The Hall–Kier alpha value is -8.81. The van der Waals surface area contributed by atoms with Crippen LogP contribution in [0.25, 0.3) is 22.4 Å². The number of hydrogen-bond acceptors (Lipinski definition) is 13. The van der Waals surface area contributed by atoms with Gasteiger partial charge >= 0.3 is 5.97 Å². The van der Waals surface area contributed by atoms with Gasteiger partial charge in [-0.2, -0.15) is 0 Å². The lowest BCUT2D eigenvalue weighted by Gasteiger charge is -2.10. The lowest BCUT2D eigenvalue weighted by Crippen LogP contribution is -2.18. The van der Waals surface area contributed by atoms with Gasteiger partial charge in [-0.15, -0.1) is 0 Å². The van der Waals surface area contributed by atoms with E-state index in [1.807, 2.05) is 41.7 Å². The number of nitrogens with two attached hydrogens (primary N) is 1. The van der Waals surface area contributed by atoms with E-state index in [0.29, 0.717) is 50.8 Å². The van der Waals surface area contributed by atoms with Gasteiger partial charge in [-0.05, 0) is 50.2 Å². The first-order valence-corrected chi connectivity index (χ1v) is 19.7. The second-order valence-corrected chi connectivity index (χ2v) is 14.0. The molecule has 20 nitrogen and oxygen atoms in total. The molecule has 0 saturated heterocycles. The first-order chi connectivity index (χ1) is 31.5. The van der Waals surface area contributed by atoms with Crippen molar-refractivity contribution in [1.29, 1.82) is 0 Å². The molecule has 5 aromatic heterocycles. The van der Waals surface area contributed by atoms with Crippen LogP contribution < -0.4 is 30.7 Å². The number of aromatic amines is 1. The zero-order valence-corrected chi connectivity index (χ0v) is 37.8. The molecule has 1 amide bonds. The van der Waals surface area contributed by atoms with Gasteiger partial charge in [-0.25, -0.2) is 24.7 Å². The van der Waals surface area contributed by atoms with Gasteiger partial charge in [0.05, 0.1) is 44.6 Å². The highest BCUT2D eigenvalue weighted by Gasteiger charge is 2.16. The molecule has 0 aliphatic rings. The quantitative estimate of drug-likeness (QED) is 0.0981. The van der Waals surface area contributed by atoms with E-state index in [4.69, 9.17) is 25.1 Å². The number of Topliss-reactive ketones (excluding diaryl/α,β-unsaturated/α-hetero) is 2. The van der Waals surface area contributed by atoms with Gasteiger partial charge in [-0.3, -0.25) is 19.2 Å². The maximum absolute atomic E-state index is 12.1. The molecular formula is C46H51N11O9. The number of carboxylic acids is 1. The van der Waals surface area contributed by atoms with Crippen LogP contribution in [0.4, 0.5) is 11.4 Å². The Bertz CT molecular complexity index is 2970. The summed E-state index contributed by atoms with van der Waals surface area (Å²) >= 11 is 0. The van der Waals surface area contributed by atoms with Crippen LogP contribution in [0.2, 0.25) is 0 Å². The van der Waals surface area contributed by atoms with Crippen LogP contribution in [-0.2, 0) is 28.2 Å². The van der Waals surface area contributed by atoms with Crippen molar-refractivity contribution < 1.29 is 38.5 Å². The number of nitrogens with one attached hydrogen (secondary N) is 2. The van der Waals surface area contributed by atoms with E-state index in [2.05, 4.69) is 30.2 Å². The van der Waals surface area contributed by atoms with Crippen LogP contribution in [0.1, 0.15) is 55.8 Å². The predicted molar refractivity (Wildman–Crippen MR) is 248 cm³/mol. The Kier molecular flexibility index (Phi) is 17.8. The lowest BCUT2D eigenvalue weighted by atomic mass is 10.1. The molecule has 0 aliphatic carbocycles. The fourth-order valence-corrected chi connectivity index (χ4v) is 5.81. The van der Waals surface area contributed by atoms with Crippen molar-refractivity contribution in [2.45, 2.75) is 13.8 Å². The molecule has 0 aliphatic heterocycles. The Morgan fingerprint density at radius 1 is 0.667 bits per heavy atom. The van der Waals surface area contributed by atoms with Gasteiger partial charge in [-0.1, -0.05) is 0 Å². The average molecular weight is 902 g/mol. The maximum Gasteiger partial charge on any atom is 0.372 e. The number of imidazole rings is 4. The molecular weight excluding hydrogens is 851 g/mol. The number of carbonyl (C=O) groups is 4. The van der Waals surface area contributed by atoms with Crippen molar-refractivity contribution in [2.75, 3.05) is 32.4 Å². The number of ether oxygens (including phenoxy) is 3. The number of ketones is 2. The number of nitrogens with zero attached hydrogens (tertiary/aromatic N) is 8. The second kappa shape index (κ2) is 23.6. The zero-order valence-electron chi connectivity index (χ0n) is 37.8. The molecule has 66 heavy (non-hydrogen) atoms. The van der Waals surface area contributed by atoms with Gasteiger partial charge in [0, 0.05) is 124 Å². The van der Waals surface area contributed by atoms with Crippen molar-refractivity contribution in [1.82, 2.24) is 43.2 Å². The number of carboxylic acid groups (broad SMARTS) is 1. The number of pyridine rings is 1. The van der Waals surface area contributed by atoms with Crippen LogP contribution in [0.5, 0.6) is 17.2 Å². The molecule has 0 spiro atoms. The van der Waals surface area contributed by atoms with Crippen molar-refractivity contribution in [3.8, 4) is 28.8 Å². The minimum Gasteiger partial charge on any atom is -0.497 e. The number of aromatic carboxylic acids is 1. The number of rotatable bonds is 9. The van der Waals surface area contributed by atoms with Gasteiger partial charge in [0.1, 0.15) is 17.2 Å². The summed E-state index contributed by atoms with van der Waals surface area (Å²) in [5.41, 5.74) is 8.83. The number of methoxy groups -OCH3 is 3. The highest BCUT2D eigenvalue weighted by molar-refractivity contribution is 6.08. The number of benzene rings is 3. The second-order valence-electron chi connectivity index (χ2n) is 14.0. The van der Waals surface area contributed by atoms with E-state index >= 15 is 0 Å². The Balaban J connectivity index is 0.000000191. The number of anilines is 2. The number of H-pyrrole nitrogens is 1. The molecule has 8 aromatic rings. The van der Waals surface area contributed by atoms with Gasteiger partial charge in [0.15, 0.2) is 28.6 Å². The summed E-state index contributed by atoms with van der Waals surface area (Å²) in [4.78, 5) is 75.8. The fraction of sp³-hybridized carbons (Fsp3) is 0.196. The number of aromatic nitrogens is 9. The molecule has 0 bridgehead atoms. The number of nitrogen functional groups attached to an aromatic ring is 1. The first-order valence-electron chi connectivity index (χ1n) is 19.7. The number of fused-ring (bicyclic) bond motifs is 1. The normalized spacial score (nSPS) is 10.0. The molecule has 5 N–H and O–H groups in total. The topological polar surface area (TPSA) is 258 Å². The monoisotopic (exact) mass is 901 g/mol. The van der Waals surface area contributed by atoms with E-state index in [1.54, 1.807) is 119 Å². The van der Waals surface area contributed by atoms with Crippen molar-refractivity contribution in [2.24, 2.45) is 28.2 Å². The van der Waals surface area contributed by atoms with Gasteiger partial charge in [0.25, 0.3) is 5.91 Å². The number of hydrogen-bond donors (Lipinski definition) is 4. The molecule has 0 saturated carbocycles. The van der Waals surface area contributed by atoms with Crippen molar-refractivity contribution in [3.05, 3.63) is 150 Å². The maximum atomic E-state index is 12.1. The summed E-state index contributed by atoms with van der Waals surface area (Å²) in [6.45, 7) is 2.93. The third-order valence-electron chi connectivity index (χ3n) is 9.26. The summed E-state index contributed by atoms with van der Waals surface area (Å²) in [7, 11) is 11.9. The molecule has 344 valence electrons. The highest BCUT2D eigenvalue weighted by Crippen LogP contribution is 2.24. The molecule has 5 heterocycles. The first kappa shape index (κ1) is 49.8. The smallest absolute Gasteiger partial charge is 0.372 e. The standard InChI is InChI=1S/C14H15N3O3.C14H13N3O2.C9H11NO2.C5H6N2O2.C4H6N2/c1-9(18)11-5-4-10(20-3)8-12(11)16-14(19)13-15-6-7-17(13)2;1-17-6-5-15-14(17)12-8-13(18)10-4-3-9(19-2)7-11(10)16-12;1-6(11)8-4-3-7(12-2)5-9(8)10;1-7-3-2-6-4(7)5(8)9;1-6-3-2-5-4-6/h4-8H,1-3H3,(H,16,19);3-8H,1-2H3,(H,16,18);3-5H,10H2,1-2H3;2-3H,1H3,(H,8,9);2-4H,1H3. The van der Waals surface area contributed by atoms with Crippen LogP contribution in [0.15, 0.2) is 121 Å². The van der Waals surface area contributed by atoms with Gasteiger partial charge < -0.3 is 53.6 Å². The number of carbonyl (C=O) groups excluding carboxylic acids is 3. The largest absolute Gasteiger partial charge is 0.497 e. The van der Waals surface area contributed by atoms with Crippen LogP contribution in [0, 0.1) is 0 Å². The molecule has 20 heteroatoms. The van der Waals surface area contributed by atoms with Crippen LogP contribution >= 0.6 is 0 Å². The number of amides is 1. The summed E-state index contributed by atoms with van der Waals surface area (Å²) in [5.74, 6) is 1.44. The van der Waals surface area contributed by atoms with Crippen molar-refractivity contribution in [3.63, 3.8) is 0 Å². The Morgan fingerprint density at radius 2 is 1.21 bits per heavy atom. The Labute approximate surface area is 379 Å². The third-order valence-corrected chi connectivity index (χ3v) is 9.26. The van der Waals surface area contributed by atoms with E-state index in [0.717, 1.165) is 11.3 Å². The summed E-state index contributed by atoms with van der Waals surface area (Å²) in [6.07, 6.45) is 15.2. The van der Waals surface area contributed by atoms with E-state index < -0.39 is 5.97 Å². The van der Waals surface area contributed by atoms with Crippen LogP contribution in [-0.4, -0.2) is 93.1 Å². The minimum absolute atomic E-state index is 0.0323. The van der Waals surface area contributed by atoms with E-state index in [-0.39, 0.29) is 34.6 Å². The predicted octanol–water partition coefficient (Wildman–Crippen LogP) is 5.84. The molecule has 8 rings (SSSR count). The zero-order chi connectivity index (χ0) is 48.5. The summed E-state index contributed by atoms with van der Waals surface area (Å²) in [6, 6.07) is 16.8. The molecule has 3 aromatic carbocycles. The van der Waals surface area contributed by atoms with Crippen LogP contribution in [0.3, 0.4) is 0 Å². The molecule has 0 radical (unpaired) electrons. The Morgan fingerprint density at radius 3 is 1.67 bits per heavy atom. The SMILES string of the molecule is COc1ccc(C(C)=O)c(N)c1.COc1ccc(C(C)=O)c(NC(=O)c2nccn2C)c1.COc1ccc2c(=O)cc(-c3nccn3C)[nH]c2c1.Cn1ccnc1.Cn1ccnc1C(=O)O. The third kappa shape index (κ3) is 13.6. The summed E-state index contributed by atoms with van der Waals surface area (Å²) in [5, 5.41) is 11.7. The molecule has 0 atom stereocenters. The molecule has 0 unspecified atom stereocenters. The van der Waals surface area contributed by atoms with E-state index in [1.165, 1.54) is 37.9 Å².